The molecule has 4 nitrogen and oxygen atoms in total. The predicted molar refractivity (Wildman–Crippen MR) is 62.6 cm³/mol. The van der Waals surface area contributed by atoms with E-state index in [-0.39, 0.29) is 12.6 Å². The van der Waals surface area contributed by atoms with Crippen LogP contribution in [0.3, 0.4) is 0 Å². The molecule has 0 heterocycles. The Morgan fingerprint density at radius 2 is 2.13 bits per heavy atom. The van der Waals surface area contributed by atoms with Crippen LogP contribution in [0.2, 0.25) is 0 Å². The molecule has 5 heteroatoms. The van der Waals surface area contributed by atoms with E-state index in [0.717, 1.165) is 5.75 Å². The molecular formula is C10H13N3OS. The van der Waals surface area contributed by atoms with Gasteiger partial charge >= 0.3 is 0 Å². The number of nitrogens with zero attached hydrogens (tertiary/aromatic N) is 3. The fourth-order valence-corrected chi connectivity index (χ4v) is 2.07. The minimum absolute atomic E-state index is 0.0914. The quantitative estimate of drug-likeness (QED) is 0.457. The number of hydrogen-bond acceptors (Lipinski definition) is 3. The van der Waals surface area contributed by atoms with Gasteiger partial charge < -0.3 is 5.11 Å². The first-order valence-corrected chi connectivity index (χ1v) is 5.79. The fourth-order valence-electron chi connectivity index (χ4n) is 1.08. The minimum atomic E-state index is -0.316. The number of aliphatic hydroxyl groups excluding tert-OH is 1. The fraction of sp³-hybridized carbons (Fsp3) is 0.400. The molecule has 0 saturated carbocycles. The maximum absolute atomic E-state index is 8.88. The summed E-state index contributed by atoms with van der Waals surface area (Å²) in [6.07, 6.45) is 0. The van der Waals surface area contributed by atoms with Crippen LogP contribution in [0.4, 0.5) is 0 Å². The molecule has 0 fully saturated rings. The Morgan fingerprint density at radius 3 is 2.73 bits per heavy atom. The van der Waals surface area contributed by atoms with E-state index in [1.165, 1.54) is 5.56 Å². The summed E-state index contributed by atoms with van der Waals surface area (Å²) in [5.74, 6) is 1.52. The van der Waals surface area contributed by atoms with Gasteiger partial charge in [0.15, 0.2) is 0 Å². The van der Waals surface area contributed by atoms with E-state index >= 15 is 0 Å². The molecule has 1 N–H and O–H groups in total. The summed E-state index contributed by atoms with van der Waals surface area (Å²) < 4.78 is 0. The van der Waals surface area contributed by atoms with E-state index in [9.17, 15) is 0 Å². The molecule has 1 aromatic rings. The smallest absolute Gasteiger partial charge is 0.0695 e. The van der Waals surface area contributed by atoms with Crippen LogP contribution in [-0.2, 0) is 5.75 Å². The molecule has 80 valence electrons. The van der Waals surface area contributed by atoms with Crippen molar-refractivity contribution in [2.75, 3.05) is 12.4 Å². The first-order valence-electron chi connectivity index (χ1n) is 4.63. The van der Waals surface area contributed by atoms with E-state index in [2.05, 4.69) is 22.2 Å². The molecule has 0 aromatic heterocycles. The maximum atomic E-state index is 8.88. The second kappa shape index (κ2) is 7.17. The molecule has 1 atom stereocenters. The van der Waals surface area contributed by atoms with Gasteiger partial charge in [-0.15, -0.1) is 0 Å². The largest absolute Gasteiger partial charge is 0.396 e. The van der Waals surface area contributed by atoms with Crippen molar-refractivity contribution in [1.29, 1.82) is 0 Å². The second-order valence-electron chi connectivity index (χ2n) is 3.04. The van der Waals surface area contributed by atoms with E-state index < -0.39 is 0 Å². The molecule has 0 bridgehead atoms. The van der Waals surface area contributed by atoms with Crippen molar-refractivity contribution in [3.8, 4) is 0 Å². The van der Waals surface area contributed by atoms with Crippen molar-refractivity contribution in [2.24, 2.45) is 5.11 Å². The molecule has 0 radical (unpaired) electrons. The van der Waals surface area contributed by atoms with Crippen LogP contribution >= 0.6 is 11.8 Å². The van der Waals surface area contributed by atoms with Gasteiger partial charge in [-0.05, 0) is 11.1 Å². The van der Waals surface area contributed by atoms with Crippen LogP contribution in [0, 0.1) is 0 Å². The Morgan fingerprint density at radius 1 is 1.40 bits per heavy atom. The van der Waals surface area contributed by atoms with E-state index in [0.29, 0.717) is 5.75 Å². The summed E-state index contributed by atoms with van der Waals surface area (Å²) >= 11 is 1.65. The highest BCUT2D eigenvalue weighted by Crippen LogP contribution is 2.13. The van der Waals surface area contributed by atoms with Gasteiger partial charge in [0.2, 0.25) is 0 Å². The van der Waals surface area contributed by atoms with Crippen molar-refractivity contribution < 1.29 is 5.11 Å². The lowest BCUT2D eigenvalue weighted by Crippen LogP contribution is -2.12. The summed E-state index contributed by atoms with van der Waals surface area (Å²) in [7, 11) is 0. The first-order chi connectivity index (χ1) is 7.36. The minimum Gasteiger partial charge on any atom is -0.396 e. The van der Waals surface area contributed by atoms with E-state index in [1.54, 1.807) is 11.8 Å². The van der Waals surface area contributed by atoms with Gasteiger partial charge in [0.1, 0.15) is 0 Å². The Labute approximate surface area is 92.9 Å². The summed E-state index contributed by atoms with van der Waals surface area (Å²) in [5, 5.41) is 12.4. The number of rotatable bonds is 6. The van der Waals surface area contributed by atoms with Crippen LogP contribution in [0.1, 0.15) is 5.56 Å². The number of benzene rings is 1. The molecule has 0 aliphatic heterocycles. The van der Waals surface area contributed by atoms with Crippen molar-refractivity contribution in [2.45, 2.75) is 11.8 Å². The topological polar surface area (TPSA) is 69.0 Å². The zero-order valence-corrected chi connectivity index (χ0v) is 9.10. The Hall–Kier alpha value is -1.16. The molecule has 0 spiro atoms. The van der Waals surface area contributed by atoms with Crippen LogP contribution in [0.15, 0.2) is 35.4 Å². The van der Waals surface area contributed by atoms with Gasteiger partial charge in [0.05, 0.1) is 12.6 Å². The molecule has 15 heavy (non-hydrogen) atoms. The average Bonchev–Trinajstić information content (AvgIpc) is 2.29. The van der Waals surface area contributed by atoms with Gasteiger partial charge in [0, 0.05) is 16.4 Å². The van der Waals surface area contributed by atoms with Crippen molar-refractivity contribution in [3.63, 3.8) is 0 Å². The predicted octanol–water partition coefficient (Wildman–Crippen LogP) is 2.59. The third-order valence-corrected chi connectivity index (χ3v) is 3.01. The van der Waals surface area contributed by atoms with Crippen LogP contribution in [0.5, 0.6) is 0 Å². The highest BCUT2D eigenvalue weighted by atomic mass is 32.2. The van der Waals surface area contributed by atoms with Crippen LogP contribution in [0.25, 0.3) is 10.4 Å². The SMILES string of the molecule is [N-]=[N+]=N[C@@H](CO)CSCc1ccccc1. The molecule has 0 saturated heterocycles. The maximum Gasteiger partial charge on any atom is 0.0695 e. The average molecular weight is 223 g/mol. The third kappa shape index (κ3) is 4.74. The van der Waals surface area contributed by atoms with Crippen LogP contribution in [-0.4, -0.2) is 23.5 Å². The summed E-state index contributed by atoms with van der Waals surface area (Å²) in [4.78, 5) is 2.68. The third-order valence-electron chi connectivity index (χ3n) is 1.85. The monoisotopic (exact) mass is 223 g/mol. The molecule has 0 amide bonds. The number of hydrogen-bond donors (Lipinski definition) is 1. The first kappa shape index (κ1) is 11.9. The summed E-state index contributed by atoms with van der Waals surface area (Å²) in [6.45, 7) is -0.0914. The van der Waals surface area contributed by atoms with Gasteiger partial charge in [-0.2, -0.15) is 11.8 Å². The van der Waals surface area contributed by atoms with E-state index in [4.69, 9.17) is 10.6 Å². The lowest BCUT2D eigenvalue weighted by molar-refractivity contribution is 0.275. The van der Waals surface area contributed by atoms with Crippen molar-refractivity contribution >= 4 is 11.8 Å². The standard InChI is InChI=1S/C10H13N3OS/c11-13-12-10(6-14)8-15-7-9-4-2-1-3-5-9/h1-5,10,14H,6-8H2/t10-/m0/s1. The van der Waals surface area contributed by atoms with Gasteiger partial charge in [-0.1, -0.05) is 35.4 Å². The summed E-state index contributed by atoms with van der Waals surface area (Å²) in [5.41, 5.74) is 9.46. The van der Waals surface area contributed by atoms with Gasteiger partial charge in [-0.3, -0.25) is 0 Å². The van der Waals surface area contributed by atoms with Crippen molar-refractivity contribution in [3.05, 3.63) is 46.3 Å². The zero-order valence-electron chi connectivity index (χ0n) is 8.28. The number of thioether (sulfide) groups is 1. The lowest BCUT2D eigenvalue weighted by Gasteiger charge is -2.06. The highest BCUT2D eigenvalue weighted by Gasteiger charge is 2.04. The second-order valence-corrected chi connectivity index (χ2v) is 4.07. The molecule has 1 rings (SSSR count). The van der Waals surface area contributed by atoms with Crippen molar-refractivity contribution in [1.82, 2.24) is 0 Å². The number of azide groups is 1. The highest BCUT2D eigenvalue weighted by molar-refractivity contribution is 7.98. The molecular weight excluding hydrogens is 210 g/mol. The van der Waals surface area contributed by atoms with Crippen LogP contribution < -0.4 is 0 Å². The molecule has 1 aromatic carbocycles. The van der Waals surface area contributed by atoms with E-state index in [1.807, 2.05) is 18.2 Å². The summed E-state index contributed by atoms with van der Waals surface area (Å²) in [6, 6.07) is 9.75. The molecule has 0 unspecified atom stereocenters. The molecule has 0 aliphatic carbocycles. The normalized spacial score (nSPS) is 11.8. The van der Waals surface area contributed by atoms with Gasteiger partial charge in [-0.25, -0.2) is 0 Å². The number of aliphatic hydroxyl groups is 1. The zero-order chi connectivity index (χ0) is 10.9. The van der Waals surface area contributed by atoms with Gasteiger partial charge in [0.25, 0.3) is 0 Å². The Bertz CT molecular complexity index is 325. The lowest BCUT2D eigenvalue weighted by atomic mass is 10.2. The Kier molecular flexibility index (Phi) is 5.70. The molecule has 0 aliphatic rings. The Balaban J connectivity index is 2.29.